The normalized spacial score (nSPS) is 29.4. The first-order valence-corrected chi connectivity index (χ1v) is 9.95. The molecule has 0 aromatic carbocycles. The van der Waals surface area contributed by atoms with Gasteiger partial charge in [-0.15, -0.1) is 0 Å². The monoisotopic (exact) mass is 350 g/mol. The van der Waals surface area contributed by atoms with Crippen molar-refractivity contribution in [3.05, 3.63) is 22.4 Å². The summed E-state index contributed by atoms with van der Waals surface area (Å²) in [4.78, 5) is 17.3. The largest absolute Gasteiger partial charge is 0.381 e. The third kappa shape index (κ3) is 3.67. The standard InChI is InChI=1S/C18H26N2O3S/c21-18(15-1-5-22-6-2-15)20-11-16-10-19(4-7-23-17(16)12-20)9-14-3-8-24-13-14/h3,8,13,15-17H,1-2,4-7,9-12H2/t16-,17+/m0/s1. The van der Waals surface area contributed by atoms with Crippen LogP contribution in [0.5, 0.6) is 0 Å². The van der Waals surface area contributed by atoms with E-state index in [0.29, 0.717) is 11.8 Å². The van der Waals surface area contributed by atoms with Crippen LogP contribution in [-0.4, -0.2) is 67.8 Å². The molecule has 0 spiro atoms. The number of amides is 1. The SMILES string of the molecule is O=C(C1CCOCC1)N1C[C@@H]2CN(Cc3ccsc3)CCO[C@@H]2C1. The first kappa shape index (κ1) is 16.5. The Hall–Kier alpha value is -0.950. The fraction of sp³-hybridized carbons (Fsp3) is 0.722. The molecule has 0 saturated carbocycles. The van der Waals surface area contributed by atoms with E-state index in [1.807, 2.05) is 0 Å². The Bertz CT molecular complexity index is 544. The quantitative estimate of drug-likeness (QED) is 0.834. The average Bonchev–Trinajstić information content (AvgIpc) is 3.22. The highest BCUT2D eigenvalue weighted by molar-refractivity contribution is 7.07. The van der Waals surface area contributed by atoms with E-state index in [2.05, 4.69) is 26.6 Å². The second kappa shape index (κ2) is 7.52. The Balaban J connectivity index is 1.36. The van der Waals surface area contributed by atoms with E-state index in [9.17, 15) is 4.79 Å². The fourth-order valence-corrected chi connectivity index (χ4v) is 4.79. The maximum atomic E-state index is 12.8. The van der Waals surface area contributed by atoms with Crippen molar-refractivity contribution in [2.45, 2.75) is 25.5 Å². The van der Waals surface area contributed by atoms with Crippen molar-refractivity contribution < 1.29 is 14.3 Å². The molecule has 4 heterocycles. The number of carbonyl (C=O) groups excluding carboxylic acids is 1. The molecule has 0 radical (unpaired) electrons. The van der Waals surface area contributed by atoms with E-state index >= 15 is 0 Å². The highest BCUT2D eigenvalue weighted by atomic mass is 32.1. The van der Waals surface area contributed by atoms with Crippen LogP contribution in [0, 0.1) is 11.8 Å². The Morgan fingerprint density at radius 2 is 2.08 bits per heavy atom. The number of ether oxygens (including phenoxy) is 2. The maximum Gasteiger partial charge on any atom is 0.225 e. The number of fused-ring (bicyclic) bond motifs is 1. The predicted molar refractivity (Wildman–Crippen MR) is 92.9 cm³/mol. The van der Waals surface area contributed by atoms with E-state index in [1.165, 1.54) is 5.56 Å². The van der Waals surface area contributed by atoms with Crippen LogP contribution in [0.1, 0.15) is 18.4 Å². The van der Waals surface area contributed by atoms with Crippen molar-refractivity contribution in [2.75, 3.05) is 46.0 Å². The summed E-state index contributed by atoms with van der Waals surface area (Å²) in [6.07, 6.45) is 1.95. The molecule has 3 saturated heterocycles. The Morgan fingerprint density at radius 1 is 1.21 bits per heavy atom. The van der Waals surface area contributed by atoms with Crippen LogP contribution in [0.15, 0.2) is 16.8 Å². The Morgan fingerprint density at radius 3 is 2.88 bits per heavy atom. The number of likely N-dealkylation sites (tertiary alicyclic amines) is 1. The first-order valence-electron chi connectivity index (χ1n) is 9.01. The first-order chi connectivity index (χ1) is 11.8. The van der Waals surface area contributed by atoms with Gasteiger partial charge in [0.2, 0.25) is 5.91 Å². The topological polar surface area (TPSA) is 42.0 Å². The van der Waals surface area contributed by atoms with Gasteiger partial charge in [0, 0.05) is 57.8 Å². The van der Waals surface area contributed by atoms with E-state index in [4.69, 9.17) is 9.47 Å². The second-order valence-corrected chi connectivity index (χ2v) is 7.95. The molecule has 24 heavy (non-hydrogen) atoms. The molecular formula is C18H26N2O3S. The molecule has 6 heteroatoms. The van der Waals surface area contributed by atoms with Crippen molar-refractivity contribution in [1.82, 2.24) is 9.80 Å². The minimum absolute atomic E-state index is 0.156. The van der Waals surface area contributed by atoms with Crippen LogP contribution in [-0.2, 0) is 20.8 Å². The summed E-state index contributed by atoms with van der Waals surface area (Å²) in [5.74, 6) is 0.914. The van der Waals surface area contributed by atoms with Gasteiger partial charge in [-0.2, -0.15) is 11.3 Å². The number of nitrogens with zero attached hydrogens (tertiary/aromatic N) is 2. The molecule has 3 fully saturated rings. The smallest absolute Gasteiger partial charge is 0.225 e. The Kier molecular flexibility index (Phi) is 5.17. The van der Waals surface area contributed by atoms with Gasteiger partial charge in [-0.1, -0.05) is 0 Å². The van der Waals surface area contributed by atoms with E-state index in [-0.39, 0.29) is 12.0 Å². The van der Waals surface area contributed by atoms with Crippen LogP contribution in [0.3, 0.4) is 0 Å². The maximum absolute atomic E-state index is 12.8. The summed E-state index contributed by atoms with van der Waals surface area (Å²) < 4.78 is 11.5. The van der Waals surface area contributed by atoms with Gasteiger partial charge >= 0.3 is 0 Å². The summed E-state index contributed by atoms with van der Waals surface area (Å²) in [5, 5.41) is 4.36. The van der Waals surface area contributed by atoms with Gasteiger partial charge in [-0.05, 0) is 35.2 Å². The lowest BCUT2D eigenvalue weighted by molar-refractivity contribution is -0.138. The van der Waals surface area contributed by atoms with E-state index in [1.54, 1.807) is 11.3 Å². The van der Waals surface area contributed by atoms with E-state index < -0.39 is 0 Å². The molecule has 1 amide bonds. The van der Waals surface area contributed by atoms with E-state index in [0.717, 1.165) is 65.4 Å². The molecule has 3 aliphatic rings. The number of hydrogen-bond donors (Lipinski definition) is 0. The van der Waals surface area contributed by atoms with Crippen LogP contribution >= 0.6 is 11.3 Å². The molecule has 0 unspecified atom stereocenters. The van der Waals surface area contributed by atoms with Crippen molar-refractivity contribution in [1.29, 1.82) is 0 Å². The highest BCUT2D eigenvalue weighted by Gasteiger charge is 2.40. The third-order valence-electron chi connectivity index (χ3n) is 5.48. The summed E-state index contributed by atoms with van der Waals surface area (Å²) in [6.45, 7) is 6.83. The third-order valence-corrected chi connectivity index (χ3v) is 6.21. The molecule has 0 aliphatic carbocycles. The number of carbonyl (C=O) groups is 1. The highest BCUT2D eigenvalue weighted by Crippen LogP contribution is 2.27. The number of hydrogen-bond acceptors (Lipinski definition) is 5. The van der Waals surface area contributed by atoms with Crippen molar-refractivity contribution in [2.24, 2.45) is 11.8 Å². The zero-order valence-corrected chi connectivity index (χ0v) is 14.9. The van der Waals surface area contributed by atoms with Gasteiger partial charge in [-0.3, -0.25) is 9.69 Å². The molecule has 5 nitrogen and oxygen atoms in total. The lowest BCUT2D eigenvalue weighted by atomic mass is 9.99. The zero-order valence-electron chi connectivity index (χ0n) is 14.1. The summed E-state index contributed by atoms with van der Waals surface area (Å²) >= 11 is 1.75. The van der Waals surface area contributed by atoms with Gasteiger partial charge in [0.05, 0.1) is 12.7 Å². The molecule has 3 aliphatic heterocycles. The fourth-order valence-electron chi connectivity index (χ4n) is 4.13. The number of rotatable bonds is 3. The van der Waals surface area contributed by atoms with Crippen molar-refractivity contribution in [3.8, 4) is 0 Å². The van der Waals surface area contributed by atoms with Crippen molar-refractivity contribution >= 4 is 17.2 Å². The predicted octanol–water partition coefficient (Wildman–Crippen LogP) is 1.83. The molecule has 0 N–H and O–H groups in total. The van der Waals surface area contributed by atoms with Crippen LogP contribution < -0.4 is 0 Å². The lowest BCUT2D eigenvalue weighted by Crippen LogP contribution is -2.38. The summed E-state index contributed by atoms with van der Waals surface area (Å²) in [6, 6.07) is 2.20. The van der Waals surface area contributed by atoms with Gasteiger partial charge in [-0.25, -0.2) is 0 Å². The van der Waals surface area contributed by atoms with Crippen LogP contribution in [0.4, 0.5) is 0 Å². The Labute approximate surface area is 147 Å². The summed E-state index contributed by atoms with van der Waals surface area (Å²) in [7, 11) is 0. The minimum atomic E-state index is 0.156. The molecule has 0 bridgehead atoms. The lowest BCUT2D eigenvalue weighted by Gasteiger charge is -2.27. The van der Waals surface area contributed by atoms with Crippen LogP contribution in [0.2, 0.25) is 0 Å². The molecule has 1 aromatic rings. The zero-order chi connectivity index (χ0) is 16.4. The van der Waals surface area contributed by atoms with Gasteiger partial charge in [0.1, 0.15) is 0 Å². The van der Waals surface area contributed by atoms with Crippen LogP contribution in [0.25, 0.3) is 0 Å². The van der Waals surface area contributed by atoms with Gasteiger partial charge < -0.3 is 14.4 Å². The average molecular weight is 350 g/mol. The van der Waals surface area contributed by atoms with Gasteiger partial charge in [0.25, 0.3) is 0 Å². The molecular weight excluding hydrogens is 324 g/mol. The number of thiophene rings is 1. The minimum Gasteiger partial charge on any atom is -0.381 e. The van der Waals surface area contributed by atoms with Gasteiger partial charge in [0.15, 0.2) is 0 Å². The second-order valence-electron chi connectivity index (χ2n) is 7.17. The summed E-state index contributed by atoms with van der Waals surface area (Å²) in [5.41, 5.74) is 1.38. The molecule has 132 valence electrons. The van der Waals surface area contributed by atoms with Crippen molar-refractivity contribution in [3.63, 3.8) is 0 Å². The molecule has 4 rings (SSSR count). The molecule has 2 atom stereocenters. The molecule has 1 aromatic heterocycles.